The summed E-state index contributed by atoms with van der Waals surface area (Å²) in [5.74, 6) is 0.303. The first-order valence-electron chi connectivity index (χ1n) is 3.96. The highest BCUT2D eigenvalue weighted by molar-refractivity contribution is 5.32. The summed E-state index contributed by atoms with van der Waals surface area (Å²) < 4.78 is 44.3. The Hall–Kier alpha value is -1.39. The highest BCUT2D eigenvalue weighted by Crippen LogP contribution is 2.20. The van der Waals surface area contributed by atoms with Crippen molar-refractivity contribution in [2.75, 3.05) is 13.3 Å². The molecule has 0 aliphatic heterocycles. The molecule has 2 nitrogen and oxygen atoms in total. The SMILES string of the molecule is FCCOc1cccc(OC(F)F)c1. The Morgan fingerprint density at radius 1 is 1.21 bits per heavy atom. The highest BCUT2D eigenvalue weighted by atomic mass is 19.3. The molecule has 0 heterocycles. The normalized spacial score (nSPS) is 10.3. The second kappa shape index (κ2) is 5.36. The smallest absolute Gasteiger partial charge is 0.387 e. The van der Waals surface area contributed by atoms with Crippen LogP contribution in [0.4, 0.5) is 13.2 Å². The Kier molecular flexibility index (Phi) is 4.10. The van der Waals surface area contributed by atoms with Gasteiger partial charge in [-0.25, -0.2) is 4.39 Å². The monoisotopic (exact) mass is 206 g/mol. The third kappa shape index (κ3) is 3.55. The van der Waals surface area contributed by atoms with Crippen molar-refractivity contribution in [1.82, 2.24) is 0 Å². The van der Waals surface area contributed by atoms with Gasteiger partial charge in [-0.05, 0) is 12.1 Å². The third-order valence-corrected chi connectivity index (χ3v) is 1.38. The van der Waals surface area contributed by atoms with Crippen LogP contribution in [-0.2, 0) is 0 Å². The summed E-state index contributed by atoms with van der Waals surface area (Å²) >= 11 is 0. The number of hydrogen-bond acceptors (Lipinski definition) is 2. The summed E-state index contributed by atoms with van der Waals surface area (Å²) in [4.78, 5) is 0. The Labute approximate surface area is 79.2 Å². The van der Waals surface area contributed by atoms with Gasteiger partial charge in [0.05, 0.1) is 0 Å². The molecule has 0 aliphatic rings. The van der Waals surface area contributed by atoms with Crippen LogP contribution in [-0.4, -0.2) is 19.9 Å². The van der Waals surface area contributed by atoms with E-state index in [1.54, 1.807) is 0 Å². The van der Waals surface area contributed by atoms with Crippen molar-refractivity contribution in [3.05, 3.63) is 24.3 Å². The lowest BCUT2D eigenvalue weighted by molar-refractivity contribution is -0.0499. The molecule has 0 unspecified atom stereocenters. The van der Waals surface area contributed by atoms with E-state index in [-0.39, 0.29) is 12.4 Å². The van der Waals surface area contributed by atoms with Gasteiger partial charge in [-0.2, -0.15) is 8.78 Å². The zero-order chi connectivity index (χ0) is 10.4. The quantitative estimate of drug-likeness (QED) is 0.737. The number of halogens is 3. The maximum atomic E-state index is 11.8. The molecule has 0 bridgehead atoms. The molecule has 5 heteroatoms. The van der Waals surface area contributed by atoms with Gasteiger partial charge in [0, 0.05) is 6.07 Å². The second-order valence-corrected chi connectivity index (χ2v) is 2.39. The van der Waals surface area contributed by atoms with Gasteiger partial charge in [-0.15, -0.1) is 0 Å². The fourth-order valence-electron chi connectivity index (χ4n) is 0.897. The predicted octanol–water partition coefficient (Wildman–Crippen LogP) is 2.64. The molecule has 1 aromatic rings. The number of hydrogen-bond donors (Lipinski definition) is 0. The van der Waals surface area contributed by atoms with E-state index >= 15 is 0 Å². The zero-order valence-corrected chi connectivity index (χ0v) is 7.25. The number of ether oxygens (including phenoxy) is 2. The first-order valence-corrected chi connectivity index (χ1v) is 3.96. The van der Waals surface area contributed by atoms with E-state index in [1.807, 2.05) is 0 Å². The largest absolute Gasteiger partial charge is 0.491 e. The van der Waals surface area contributed by atoms with Crippen molar-refractivity contribution < 1.29 is 22.6 Å². The molecule has 0 atom stereocenters. The van der Waals surface area contributed by atoms with Crippen molar-refractivity contribution in [3.63, 3.8) is 0 Å². The molecular formula is C9H9F3O2. The van der Waals surface area contributed by atoms with Gasteiger partial charge >= 0.3 is 6.61 Å². The van der Waals surface area contributed by atoms with Crippen LogP contribution in [0.1, 0.15) is 0 Å². The van der Waals surface area contributed by atoms with Gasteiger partial charge in [0.25, 0.3) is 0 Å². The Bertz CT molecular complexity index is 279. The molecule has 0 N–H and O–H groups in total. The summed E-state index contributed by atoms with van der Waals surface area (Å²) in [6.45, 7) is -3.59. The minimum atomic E-state index is -2.87. The Morgan fingerprint density at radius 2 is 1.93 bits per heavy atom. The van der Waals surface area contributed by atoms with E-state index < -0.39 is 13.3 Å². The van der Waals surface area contributed by atoms with E-state index in [4.69, 9.17) is 4.74 Å². The van der Waals surface area contributed by atoms with Crippen molar-refractivity contribution in [3.8, 4) is 11.5 Å². The van der Waals surface area contributed by atoms with E-state index in [1.165, 1.54) is 24.3 Å². The van der Waals surface area contributed by atoms with E-state index in [0.717, 1.165) is 0 Å². The number of alkyl halides is 3. The molecule has 0 aromatic heterocycles. The van der Waals surface area contributed by atoms with Crippen LogP contribution in [0, 0.1) is 0 Å². The van der Waals surface area contributed by atoms with Crippen molar-refractivity contribution in [2.45, 2.75) is 6.61 Å². The van der Waals surface area contributed by atoms with Gasteiger partial charge in [-0.1, -0.05) is 6.07 Å². The molecular weight excluding hydrogens is 197 g/mol. The van der Waals surface area contributed by atoms with Crippen LogP contribution in [0.25, 0.3) is 0 Å². The minimum absolute atomic E-state index is 0.00337. The standard InChI is InChI=1S/C9H9F3O2/c10-4-5-13-7-2-1-3-8(6-7)14-9(11)12/h1-3,6,9H,4-5H2. The molecule has 0 aliphatic carbocycles. The summed E-state index contributed by atoms with van der Waals surface area (Å²) in [6, 6.07) is 5.68. The van der Waals surface area contributed by atoms with Crippen molar-refractivity contribution >= 4 is 0 Å². The van der Waals surface area contributed by atoms with Gasteiger partial charge in [0.1, 0.15) is 24.8 Å². The van der Waals surface area contributed by atoms with Gasteiger partial charge in [0.15, 0.2) is 0 Å². The molecule has 1 rings (SSSR count). The lowest BCUT2D eigenvalue weighted by Crippen LogP contribution is -2.03. The summed E-state index contributed by atoms with van der Waals surface area (Å²) in [5.41, 5.74) is 0. The maximum Gasteiger partial charge on any atom is 0.387 e. The molecule has 0 spiro atoms. The average molecular weight is 206 g/mol. The first-order chi connectivity index (χ1) is 6.72. The fourth-order valence-corrected chi connectivity index (χ4v) is 0.897. The van der Waals surface area contributed by atoms with Gasteiger partial charge in [0.2, 0.25) is 0 Å². The zero-order valence-electron chi connectivity index (χ0n) is 7.25. The fraction of sp³-hybridized carbons (Fsp3) is 0.333. The van der Waals surface area contributed by atoms with Crippen LogP contribution < -0.4 is 9.47 Å². The van der Waals surface area contributed by atoms with E-state index in [0.29, 0.717) is 5.75 Å². The lowest BCUT2D eigenvalue weighted by atomic mass is 10.3. The third-order valence-electron chi connectivity index (χ3n) is 1.38. The first kappa shape index (κ1) is 10.7. The van der Waals surface area contributed by atoms with Crippen LogP contribution in [0.5, 0.6) is 11.5 Å². The summed E-state index contributed by atoms with van der Waals surface area (Å²) in [6.07, 6.45) is 0. The Morgan fingerprint density at radius 3 is 2.57 bits per heavy atom. The molecule has 0 amide bonds. The Balaban J connectivity index is 2.59. The molecule has 78 valence electrons. The van der Waals surface area contributed by atoms with Crippen LogP contribution in [0.2, 0.25) is 0 Å². The summed E-state index contributed by atoms with van der Waals surface area (Å²) in [5, 5.41) is 0. The van der Waals surface area contributed by atoms with Crippen LogP contribution in [0.15, 0.2) is 24.3 Å². The van der Waals surface area contributed by atoms with E-state index in [9.17, 15) is 13.2 Å². The highest BCUT2D eigenvalue weighted by Gasteiger charge is 2.04. The molecule has 0 radical (unpaired) electrons. The molecule has 1 aromatic carbocycles. The van der Waals surface area contributed by atoms with Gasteiger partial charge < -0.3 is 9.47 Å². The van der Waals surface area contributed by atoms with E-state index in [2.05, 4.69) is 4.74 Å². The summed E-state index contributed by atoms with van der Waals surface area (Å²) in [7, 11) is 0. The van der Waals surface area contributed by atoms with Crippen LogP contribution in [0.3, 0.4) is 0 Å². The molecule has 0 fully saturated rings. The van der Waals surface area contributed by atoms with Crippen LogP contribution >= 0.6 is 0 Å². The molecule has 0 saturated carbocycles. The molecule has 0 saturated heterocycles. The second-order valence-electron chi connectivity index (χ2n) is 2.39. The van der Waals surface area contributed by atoms with Crippen molar-refractivity contribution in [1.29, 1.82) is 0 Å². The number of rotatable bonds is 5. The topological polar surface area (TPSA) is 18.5 Å². The number of benzene rings is 1. The van der Waals surface area contributed by atoms with Crippen molar-refractivity contribution in [2.24, 2.45) is 0 Å². The predicted molar refractivity (Wildman–Crippen MR) is 44.5 cm³/mol. The maximum absolute atomic E-state index is 11.8. The lowest BCUT2D eigenvalue weighted by Gasteiger charge is -2.07. The molecule has 14 heavy (non-hydrogen) atoms. The minimum Gasteiger partial charge on any atom is -0.491 e. The average Bonchev–Trinajstić information content (AvgIpc) is 2.14. The van der Waals surface area contributed by atoms with Gasteiger partial charge in [-0.3, -0.25) is 0 Å².